The number of hydrogen-bond donors (Lipinski definition) is 1. The molecule has 0 saturated carbocycles. The van der Waals surface area contributed by atoms with Crippen LogP contribution in [-0.2, 0) is 0 Å². The van der Waals surface area contributed by atoms with Gasteiger partial charge >= 0.3 is 0 Å². The number of carbonyl (C=O) groups is 1. The van der Waals surface area contributed by atoms with Gasteiger partial charge in [-0.2, -0.15) is 5.10 Å². The Morgan fingerprint density at radius 3 is 2.71 bits per heavy atom. The van der Waals surface area contributed by atoms with E-state index in [1.165, 1.54) is 12.1 Å². The van der Waals surface area contributed by atoms with Gasteiger partial charge in [-0.05, 0) is 25.0 Å². The molecule has 0 bridgehead atoms. The standard InChI is InChI=1S/C17H16FN5O/c18-13-4-2-1-3-12(13)17(24)23-9-5-11(6-10-23)14-15-16(22-21-14)20-8-7-19-15/h1-4,7-8,11H,5-6,9-10H2,(H,20,21,22). The maximum atomic E-state index is 13.8. The molecule has 6 nitrogen and oxygen atoms in total. The molecule has 122 valence electrons. The number of rotatable bonds is 2. The van der Waals surface area contributed by atoms with E-state index in [1.807, 2.05) is 0 Å². The Bertz CT molecular complexity index is 885. The summed E-state index contributed by atoms with van der Waals surface area (Å²) in [6, 6.07) is 6.11. The molecule has 2 aromatic heterocycles. The molecule has 1 aliphatic heterocycles. The minimum absolute atomic E-state index is 0.133. The highest BCUT2D eigenvalue weighted by molar-refractivity contribution is 5.94. The van der Waals surface area contributed by atoms with Crippen LogP contribution in [0.15, 0.2) is 36.7 Å². The highest BCUT2D eigenvalue weighted by Crippen LogP contribution is 2.30. The topological polar surface area (TPSA) is 74.8 Å². The van der Waals surface area contributed by atoms with Crippen molar-refractivity contribution in [2.75, 3.05) is 13.1 Å². The number of carbonyl (C=O) groups excluding carboxylic acids is 1. The number of nitrogens with one attached hydrogen (secondary N) is 1. The molecule has 1 aliphatic rings. The van der Waals surface area contributed by atoms with Crippen molar-refractivity contribution in [2.24, 2.45) is 0 Å². The first-order valence-corrected chi connectivity index (χ1v) is 7.93. The predicted molar refractivity (Wildman–Crippen MR) is 86.0 cm³/mol. The van der Waals surface area contributed by atoms with E-state index in [0.29, 0.717) is 18.7 Å². The lowest BCUT2D eigenvalue weighted by molar-refractivity contribution is 0.0707. The number of aromatic amines is 1. The van der Waals surface area contributed by atoms with Crippen molar-refractivity contribution in [3.05, 3.63) is 53.7 Å². The first-order valence-electron chi connectivity index (χ1n) is 7.93. The van der Waals surface area contributed by atoms with E-state index >= 15 is 0 Å². The van der Waals surface area contributed by atoms with Crippen LogP contribution in [0.4, 0.5) is 4.39 Å². The average molecular weight is 325 g/mol. The van der Waals surface area contributed by atoms with Crippen molar-refractivity contribution in [3.8, 4) is 0 Å². The van der Waals surface area contributed by atoms with Crippen molar-refractivity contribution in [1.29, 1.82) is 0 Å². The molecule has 1 amide bonds. The Hall–Kier alpha value is -2.83. The minimum atomic E-state index is -0.473. The minimum Gasteiger partial charge on any atom is -0.339 e. The fourth-order valence-corrected chi connectivity index (χ4v) is 3.23. The van der Waals surface area contributed by atoms with E-state index in [2.05, 4.69) is 20.2 Å². The van der Waals surface area contributed by atoms with Crippen LogP contribution in [0.1, 0.15) is 34.8 Å². The summed E-state index contributed by atoms with van der Waals surface area (Å²) in [6.07, 6.45) is 4.84. The van der Waals surface area contributed by atoms with Gasteiger partial charge in [-0.1, -0.05) is 12.1 Å². The van der Waals surface area contributed by atoms with Gasteiger partial charge in [0.1, 0.15) is 11.3 Å². The summed E-state index contributed by atoms with van der Waals surface area (Å²) < 4.78 is 13.8. The molecule has 1 N–H and O–H groups in total. The zero-order valence-electron chi connectivity index (χ0n) is 12.9. The maximum absolute atomic E-state index is 13.8. The second kappa shape index (κ2) is 5.99. The molecule has 3 aromatic rings. The second-order valence-corrected chi connectivity index (χ2v) is 5.91. The lowest BCUT2D eigenvalue weighted by Gasteiger charge is -2.31. The zero-order valence-corrected chi connectivity index (χ0v) is 12.9. The monoisotopic (exact) mass is 325 g/mol. The third kappa shape index (κ3) is 2.51. The molecular weight excluding hydrogens is 309 g/mol. The Morgan fingerprint density at radius 1 is 1.17 bits per heavy atom. The van der Waals surface area contributed by atoms with Gasteiger partial charge in [0, 0.05) is 31.4 Å². The van der Waals surface area contributed by atoms with Crippen molar-refractivity contribution < 1.29 is 9.18 Å². The third-order valence-electron chi connectivity index (χ3n) is 4.51. The number of likely N-dealkylation sites (tertiary alicyclic amines) is 1. The summed E-state index contributed by atoms with van der Waals surface area (Å²) in [7, 11) is 0. The molecule has 1 saturated heterocycles. The number of halogens is 1. The Morgan fingerprint density at radius 2 is 1.92 bits per heavy atom. The number of H-pyrrole nitrogens is 1. The van der Waals surface area contributed by atoms with Crippen LogP contribution in [0, 0.1) is 5.82 Å². The molecule has 24 heavy (non-hydrogen) atoms. The normalized spacial score (nSPS) is 15.8. The summed E-state index contributed by atoms with van der Waals surface area (Å²) >= 11 is 0. The maximum Gasteiger partial charge on any atom is 0.256 e. The summed E-state index contributed by atoms with van der Waals surface area (Å²) in [4.78, 5) is 22.7. The fourth-order valence-electron chi connectivity index (χ4n) is 3.23. The molecule has 1 aromatic carbocycles. The molecule has 3 heterocycles. The molecule has 0 unspecified atom stereocenters. The highest BCUT2D eigenvalue weighted by atomic mass is 19.1. The summed E-state index contributed by atoms with van der Waals surface area (Å²) in [5, 5.41) is 7.21. The van der Waals surface area contributed by atoms with E-state index in [4.69, 9.17) is 0 Å². The average Bonchev–Trinajstić information content (AvgIpc) is 3.06. The van der Waals surface area contributed by atoms with Crippen LogP contribution in [-0.4, -0.2) is 44.1 Å². The predicted octanol–water partition coefficient (Wildman–Crippen LogP) is 2.51. The van der Waals surface area contributed by atoms with Gasteiger partial charge in [0.25, 0.3) is 5.91 Å². The largest absolute Gasteiger partial charge is 0.339 e. The Labute approximate surface area is 137 Å². The summed E-state index contributed by atoms with van der Waals surface area (Å²) in [6.45, 7) is 1.16. The van der Waals surface area contributed by atoms with E-state index in [9.17, 15) is 9.18 Å². The summed E-state index contributed by atoms with van der Waals surface area (Å²) in [5.74, 6) is -0.475. The van der Waals surface area contributed by atoms with E-state index in [0.717, 1.165) is 24.1 Å². The molecule has 0 spiro atoms. The van der Waals surface area contributed by atoms with Crippen LogP contribution in [0.5, 0.6) is 0 Å². The number of piperidine rings is 1. The van der Waals surface area contributed by atoms with Gasteiger partial charge in [0.2, 0.25) is 0 Å². The molecule has 7 heteroatoms. The fraction of sp³-hybridized carbons (Fsp3) is 0.294. The van der Waals surface area contributed by atoms with Gasteiger partial charge in [-0.3, -0.25) is 9.89 Å². The second-order valence-electron chi connectivity index (χ2n) is 5.91. The summed E-state index contributed by atoms with van der Waals surface area (Å²) in [5.41, 5.74) is 2.50. The molecule has 4 rings (SSSR count). The smallest absolute Gasteiger partial charge is 0.256 e. The van der Waals surface area contributed by atoms with Crippen molar-refractivity contribution >= 4 is 17.1 Å². The molecule has 0 radical (unpaired) electrons. The molecule has 0 atom stereocenters. The molecular formula is C17H16FN5O. The number of benzene rings is 1. The number of hydrogen-bond acceptors (Lipinski definition) is 4. The van der Waals surface area contributed by atoms with Crippen LogP contribution >= 0.6 is 0 Å². The van der Waals surface area contributed by atoms with E-state index in [1.54, 1.807) is 29.4 Å². The van der Waals surface area contributed by atoms with Crippen molar-refractivity contribution in [3.63, 3.8) is 0 Å². The van der Waals surface area contributed by atoms with Crippen molar-refractivity contribution in [1.82, 2.24) is 25.1 Å². The quantitative estimate of drug-likeness (QED) is 0.785. The van der Waals surface area contributed by atoms with Crippen LogP contribution < -0.4 is 0 Å². The van der Waals surface area contributed by atoms with Gasteiger partial charge in [0.15, 0.2) is 5.65 Å². The highest BCUT2D eigenvalue weighted by Gasteiger charge is 2.28. The number of nitrogens with zero attached hydrogens (tertiary/aromatic N) is 4. The van der Waals surface area contributed by atoms with Gasteiger partial charge < -0.3 is 4.90 Å². The number of aromatic nitrogens is 4. The van der Waals surface area contributed by atoms with Crippen molar-refractivity contribution in [2.45, 2.75) is 18.8 Å². The number of fused-ring (bicyclic) bond motifs is 1. The SMILES string of the molecule is O=C(c1ccccc1F)N1CCC(c2[nH]nc3nccnc23)CC1. The Kier molecular flexibility index (Phi) is 3.68. The molecule has 0 aliphatic carbocycles. The van der Waals surface area contributed by atoms with Gasteiger partial charge in [-0.25, -0.2) is 14.4 Å². The first-order chi connectivity index (χ1) is 11.7. The zero-order chi connectivity index (χ0) is 16.5. The van der Waals surface area contributed by atoms with Gasteiger partial charge in [-0.15, -0.1) is 0 Å². The van der Waals surface area contributed by atoms with Gasteiger partial charge in [0.05, 0.1) is 11.3 Å². The first kappa shape index (κ1) is 14.7. The number of amides is 1. The van der Waals surface area contributed by atoms with E-state index < -0.39 is 5.82 Å². The van der Waals surface area contributed by atoms with Crippen LogP contribution in [0.2, 0.25) is 0 Å². The Balaban J connectivity index is 1.49. The van der Waals surface area contributed by atoms with E-state index in [-0.39, 0.29) is 17.4 Å². The molecule has 1 fully saturated rings. The lowest BCUT2D eigenvalue weighted by Crippen LogP contribution is -2.38. The van der Waals surface area contributed by atoms with Crippen LogP contribution in [0.3, 0.4) is 0 Å². The lowest BCUT2D eigenvalue weighted by atomic mass is 9.92. The van der Waals surface area contributed by atoms with Crippen LogP contribution in [0.25, 0.3) is 11.2 Å². The third-order valence-corrected chi connectivity index (χ3v) is 4.51.